The molecule has 0 saturated heterocycles. The molecule has 6 aromatic carbocycles. The molecule has 0 aliphatic heterocycles. The zero-order valence-electron chi connectivity index (χ0n) is 30.3. The third kappa shape index (κ3) is 12.2. The van der Waals surface area contributed by atoms with Gasteiger partial charge in [-0.3, -0.25) is 0 Å². The van der Waals surface area contributed by atoms with E-state index in [0.29, 0.717) is 0 Å². The smallest absolute Gasteiger partial charge is 1.00 e. The maximum absolute atomic E-state index is 5.30. The summed E-state index contributed by atoms with van der Waals surface area (Å²) in [6, 6.07) is 49.8. The minimum Gasteiger partial charge on any atom is -1.00 e. The van der Waals surface area contributed by atoms with Gasteiger partial charge in [0.25, 0.3) is 0 Å². The SMILES string of the molecule is COc1ccc(P(c2ccc(OC)cc2)c2ccc(OC)cc2)cc1.COc1ccc(P(c2ccc(OC)cc2)c2ccc(OC)cc2)cc1.[Br-].[Br-].[Co+2]. The van der Waals surface area contributed by atoms with Crippen LogP contribution in [0.5, 0.6) is 34.5 Å². The molecule has 6 rings (SSSR count). The van der Waals surface area contributed by atoms with E-state index < -0.39 is 15.8 Å². The molecular formula is C42H42Br2CoO6P2. The summed E-state index contributed by atoms with van der Waals surface area (Å²) in [6.45, 7) is 0. The number of ether oxygens (including phenoxy) is 6. The summed E-state index contributed by atoms with van der Waals surface area (Å²) in [4.78, 5) is 0. The van der Waals surface area contributed by atoms with Crippen LogP contribution < -0.4 is 94.2 Å². The molecule has 0 unspecified atom stereocenters. The van der Waals surface area contributed by atoms with Crippen LogP contribution in [-0.2, 0) is 16.8 Å². The van der Waals surface area contributed by atoms with Crippen molar-refractivity contribution in [3.63, 3.8) is 0 Å². The Morgan fingerprint density at radius 2 is 0.358 bits per heavy atom. The molecule has 0 aliphatic rings. The number of rotatable bonds is 12. The van der Waals surface area contributed by atoms with E-state index in [0.717, 1.165) is 34.5 Å². The van der Waals surface area contributed by atoms with Gasteiger partial charge in [0.15, 0.2) is 0 Å². The number of methoxy groups -OCH3 is 6. The molecule has 6 aromatic rings. The monoisotopic (exact) mass is 921 g/mol. The second-order valence-electron chi connectivity index (χ2n) is 10.9. The Labute approximate surface area is 347 Å². The molecule has 1 radical (unpaired) electrons. The van der Waals surface area contributed by atoms with Crippen LogP contribution in [0.4, 0.5) is 0 Å². The van der Waals surface area contributed by atoms with E-state index >= 15 is 0 Å². The minimum atomic E-state index is -0.665. The van der Waals surface area contributed by atoms with Gasteiger partial charge in [-0.15, -0.1) is 0 Å². The van der Waals surface area contributed by atoms with Crippen LogP contribution in [0.15, 0.2) is 146 Å². The van der Waals surface area contributed by atoms with Crippen LogP contribution >= 0.6 is 15.8 Å². The molecule has 279 valence electrons. The Hall–Kier alpha value is -3.55. The van der Waals surface area contributed by atoms with Gasteiger partial charge >= 0.3 is 16.8 Å². The van der Waals surface area contributed by atoms with Gasteiger partial charge in [0.05, 0.1) is 42.7 Å². The molecule has 0 spiro atoms. The molecule has 11 heteroatoms. The van der Waals surface area contributed by atoms with Gasteiger partial charge in [0.1, 0.15) is 34.5 Å². The molecular weight excluding hydrogens is 881 g/mol. The summed E-state index contributed by atoms with van der Waals surface area (Å²) < 4.78 is 31.8. The molecule has 0 N–H and O–H groups in total. The van der Waals surface area contributed by atoms with Gasteiger partial charge in [0, 0.05) is 0 Å². The average molecular weight is 923 g/mol. The van der Waals surface area contributed by atoms with Crippen molar-refractivity contribution in [1.29, 1.82) is 0 Å². The van der Waals surface area contributed by atoms with Crippen LogP contribution in [0.2, 0.25) is 0 Å². The molecule has 0 heterocycles. The van der Waals surface area contributed by atoms with Crippen LogP contribution in [0.25, 0.3) is 0 Å². The summed E-state index contributed by atoms with van der Waals surface area (Å²) in [5.74, 6) is 5.18. The van der Waals surface area contributed by atoms with Crippen molar-refractivity contribution in [2.24, 2.45) is 0 Å². The zero-order valence-corrected chi connectivity index (χ0v) is 36.3. The van der Waals surface area contributed by atoms with Crippen LogP contribution in [0.3, 0.4) is 0 Å². The summed E-state index contributed by atoms with van der Waals surface area (Å²) >= 11 is 0. The quantitative estimate of drug-likeness (QED) is 0.171. The van der Waals surface area contributed by atoms with E-state index in [2.05, 4.69) is 72.8 Å². The molecule has 0 amide bonds. The van der Waals surface area contributed by atoms with Gasteiger partial charge in [0.2, 0.25) is 0 Å². The summed E-state index contributed by atoms with van der Waals surface area (Å²) in [5, 5.41) is 7.62. The molecule has 0 saturated carbocycles. The van der Waals surface area contributed by atoms with Crippen molar-refractivity contribution < 1.29 is 79.2 Å². The van der Waals surface area contributed by atoms with E-state index in [4.69, 9.17) is 28.4 Å². The number of hydrogen-bond acceptors (Lipinski definition) is 6. The van der Waals surface area contributed by atoms with Gasteiger partial charge in [-0.25, -0.2) is 0 Å². The van der Waals surface area contributed by atoms with Crippen molar-refractivity contribution in [1.82, 2.24) is 0 Å². The molecule has 0 fully saturated rings. The third-order valence-corrected chi connectivity index (χ3v) is 12.9. The van der Waals surface area contributed by atoms with Crippen LogP contribution in [0.1, 0.15) is 0 Å². The summed E-state index contributed by atoms with van der Waals surface area (Å²) in [7, 11) is 8.78. The van der Waals surface area contributed by atoms with Crippen molar-refractivity contribution in [2.45, 2.75) is 0 Å². The van der Waals surface area contributed by atoms with Crippen molar-refractivity contribution in [3.05, 3.63) is 146 Å². The van der Waals surface area contributed by atoms with Crippen molar-refractivity contribution >= 4 is 47.7 Å². The predicted octanol–water partition coefficient (Wildman–Crippen LogP) is 0.947. The fraction of sp³-hybridized carbons (Fsp3) is 0.143. The van der Waals surface area contributed by atoms with Crippen molar-refractivity contribution in [3.8, 4) is 34.5 Å². The fourth-order valence-electron chi connectivity index (χ4n) is 5.28. The van der Waals surface area contributed by atoms with E-state index in [1.54, 1.807) is 42.7 Å². The molecule has 0 atom stereocenters. The first-order valence-corrected chi connectivity index (χ1v) is 18.6. The van der Waals surface area contributed by atoms with Crippen molar-refractivity contribution in [2.75, 3.05) is 42.7 Å². The second kappa shape index (κ2) is 23.3. The molecule has 0 bridgehead atoms. The number of halogens is 2. The molecule has 6 nitrogen and oxygen atoms in total. The fourth-order valence-corrected chi connectivity index (χ4v) is 9.75. The Kier molecular flexibility index (Phi) is 20.0. The first kappa shape index (κ1) is 45.6. The van der Waals surface area contributed by atoms with Crippen LogP contribution in [-0.4, -0.2) is 42.7 Å². The minimum absolute atomic E-state index is 0. The maximum atomic E-state index is 5.30. The van der Waals surface area contributed by atoms with E-state index in [9.17, 15) is 0 Å². The number of benzene rings is 6. The Bertz CT molecular complexity index is 1530. The maximum Gasteiger partial charge on any atom is 2.00 e. The van der Waals surface area contributed by atoms with Gasteiger partial charge < -0.3 is 62.4 Å². The van der Waals surface area contributed by atoms with Gasteiger partial charge in [-0.2, -0.15) is 0 Å². The van der Waals surface area contributed by atoms with E-state index in [1.807, 2.05) is 72.8 Å². The normalized spacial score (nSPS) is 9.96. The summed E-state index contributed by atoms with van der Waals surface area (Å²) in [6.07, 6.45) is 0. The number of hydrogen-bond donors (Lipinski definition) is 0. The largest absolute Gasteiger partial charge is 2.00 e. The Morgan fingerprint density at radius 3 is 0.453 bits per heavy atom. The first-order chi connectivity index (χ1) is 24.5. The average Bonchev–Trinajstić information content (AvgIpc) is 3.20. The first-order valence-electron chi connectivity index (χ1n) is 15.9. The zero-order chi connectivity index (χ0) is 35.3. The van der Waals surface area contributed by atoms with E-state index in [1.165, 1.54) is 31.8 Å². The van der Waals surface area contributed by atoms with Gasteiger partial charge in [-0.05, 0) is 120 Å². The van der Waals surface area contributed by atoms with E-state index in [-0.39, 0.29) is 50.7 Å². The molecule has 0 aromatic heterocycles. The third-order valence-electron chi connectivity index (χ3n) is 7.98. The molecule has 0 aliphatic carbocycles. The van der Waals surface area contributed by atoms with Crippen LogP contribution in [0, 0.1) is 0 Å². The van der Waals surface area contributed by atoms with Gasteiger partial charge in [-0.1, -0.05) is 72.8 Å². The molecule has 53 heavy (non-hydrogen) atoms. The Morgan fingerprint density at radius 1 is 0.245 bits per heavy atom. The second-order valence-corrected chi connectivity index (χ2v) is 15.3. The predicted molar refractivity (Wildman–Crippen MR) is 210 cm³/mol. The standard InChI is InChI=1S/2C21H21O3P.2BrH.Co/c2*1-22-16-4-10-19(11-5-16)25(20-12-6-17(23-2)7-13-20)21-14-8-18(24-3)9-15-21;;;/h2*4-15H,1-3H3;2*1H;/q;;;;+2/p-2. The topological polar surface area (TPSA) is 55.4 Å². The summed E-state index contributed by atoms with van der Waals surface area (Å²) in [5.41, 5.74) is 0. The Balaban J connectivity index is 0.000000347.